The first kappa shape index (κ1) is 23.1. The van der Waals surface area contributed by atoms with Crippen molar-refractivity contribution in [2.75, 3.05) is 10.6 Å². The highest BCUT2D eigenvalue weighted by atomic mass is 16.6. The number of amides is 2. The van der Waals surface area contributed by atoms with Gasteiger partial charge in [-0.15, -0.1) is 0 Å². The molecule has 0 atom stereocenters. The van der Waals surface area contributed by atoms with Gasteiger partial charge < -0.3 is 15.2 Å². The Morgan fingerprint density at radius 2 is 1.60 bits per heavy atom. The molecule has 8 heteroatoms. The van der Waals surface area contributed by atoms with Crippen LogP contribution in [-0.4, -0.2) is 33.4 Å². The zero-order chi connectivity index (χ0) is 22.7. The molecule has 0 aromatic carbocycles. The monoisotopic (exact) mass is 414 g/mol. The molecule has 2 N–H and O–H groups in total. The topological polar surface area (TPSA) is 108 Å². The number of aryl methyl sites for hydroxylation is 1. The van der Waals surface area contributed by atoms with E-state index in [1.165, 1.54) is 0 Å². The molecule has 2 amide bonds. The number of carbonyl (C=O) groups excluding carboxylic acids is 2. The molecule has 0 aliphatic rings. The Balaban J connectivity index is 2.61. The number of nitrogen functional groups attached to an aromatic ring is 1. The van der Waals surface area contributed by atoms with Crippen molar-refractivity contribution in [3.63, 3.8) is 0 Å². The van der Waals surface area contributed by atoms with E-state index in [2.05, 4.69) is 9.97 Å². The maximum absolute atomic E-state index is 12.9. The fraction of sp³-hybridized carbons (Fsp3) is 0.455. The summed E-state index contributed by atoms with van der Waals surface area (Å²) in [6.45, 7) is 12.2. The van der Waals surface area contributed by atoms with Crippen molar-refractivity contribution < 1.29 is 19.1 Å². The third kappa shape index (κ3) is 6.17. The number of rotatable bonds is 3. The second-order valence-electron chi connectivity index (χ2n) is 8.82. The molecule has 2 heterocycles. The van der Waals surface area contributed by atoms with Crippen molar-refractivity contribution >= 4 is 23.7 Å². The maximum atomic E-state index is 12.9. The molecule has 162 valence electrons. The first-order chi connectivity index (χ1) is 13.8. The van der Waals surface area contributed by atoms with Crippen LogP contribution in [0.5, 0.6) is 0 Å². The van der Waals surface area contributed by atoms with Crippen LogP contribution in [0.2, 0.25) is 0 Å². The van der Waals surface area contributed by atoms with Crippen molar-refractivity contribution in [1.82, 2.24) is 9.97 Å². The predicted octanol–water partition coefficient (Wildman–Crippen LogP) is 4.96. The average molecular weight is 415 g/mol. The van der Waals surface area contributed by atoms with E-state index in [9.17, 15) is 9.59 Å². The van der Waals surface area contributed by atoms with Gasteiger partial charge in [0.25, 0.3) is 0 Å². The van der Waals surface area contributed by atoms with Crippen LogP contribution in [-0.2, 0) is 15.9 Å². The van der Waals surface area contributed by atoms with E-state index in [4.69, 9.17) is 15.2 Å². The summed E-state index contributed by atoms with van der Waals surface area (Å²) in [6, 6.07) is 5.23. The van der Waals surface area contributed by atoms with Crippen LogP contribution < -0.4 is 10.6 Å². The summed E-state index contributed by atoms with van der Waals surface area (Å²) in [5.74, 6) is 0.101. The molecule has 0 aliphatic heterocycles. The molecular formula is C22H30N4O4. The van der Waals surface area contributed by atoms with E-state index < -0.39 is 23.4 Å². The lowest BCUT2D eigenvalue weighted by atomic mass is 10.0. The van der Waals surface area contributed by atoms with Gasteiger partial charge in [-0.25, -0.2) is 14.6 Å². The normalized spacial score (nSPS) is 11.7. The lowest BCUT2D eigenvalue weighted by Gasteiger charge is -2.28. The summed E-state index contributed by atoms with van der Waals surface area (Å²) in [5.41, 5.74) is 7.03. The summed E-state index contributed by atoms with van der Waals surface area (Å²) in [5, 5.41) is 0. The molecule has 8 nitrogen and oxygen atoms in total. The van der Waals surface area contributed by atoms with Crippen LogP contribution in [0.3, 0.4) is 0 Å². The standard InChI is InChI=1S/C22H30N4O4/c1-8-15-11-14(16-9-10-24-13-17(16)23)12-18(25-15)26(19(27)29-21(2,3)4)20(28)30-22(5,6)7/h9-13H,8,23H2,1-7H3. The molecule has 0 radical (unpaired) electrons. The molecule has 0 aliphatic carbocycles. The molecule has 0 saturated heterocycles. The van der Waals surface area contributed by atoms with Crippen molar-refractivity contribution in [2.45, 2.75) is 66.1 Å². The van der Waals surface area contributed by atoms with Gasteiger partial charge in [-0.2, -0.15) is 4.90 Å². The number of pyridine rings is 2. The van der Waals surface area contributed by atoms with Gasteiger partial charge in [-0.05, 0) is 71.7 Å². The molecule has 30 heavy (non-hydrogen) atoms. The Morgan fingerprint density at radius 1 is 1.03 bits per heavy atom. The number of hydrogen-bond donors (Lipinski definition) is 1. The molecule has 0 unspecified atom stereocenters. The lowest BCUT2D eigenvalue weighted by molar-refractivity contribution is 0.0429. The van der Waals surface area contributed by atoms with E-state index in [0.29, 0.717) is 23.4 Å². The van der Waals surface area contributed by atoms with Gasteiger partial charge in [-0.3, -0.25) is 4.98 Å². The number of anilines is 2. The number of carbonyl (C=O) groups is 2. The molecule has 2 aromatic heterocycles. The SMILES string of the molecule is CCc1cc(-c2ccncc2N)cc(N(C(=O)OC(C)(C)C)C(=O)OC(C)(C)C)n1. The van der Waals surface area contributed by atoms with Crippen LogP contribution in [0.1, 0.15) is 54.2 Å². The molecule has 2 rings (SSSR count). The third-order valence-electron chi connectivity index (χ3n) is 3.77. The summed E-state index contributed by atoms with van der Waals surface area (Å²) in [6.07, 6.45) is 2.01. The lowest BCUT2D eigenvalue weighted by Crippen LogP contribution is -2.44. The van der Waals surface area contributed by atoms with Gasteiger partial charge in [0.05, 0.1) is 11.9 Å². The molecule has 0 saturated carbocycles. The van der Waals surface area contributed by atoms with Crippen LogP contribution in [0.15, 0.2) is 30.6 Å². The van der Waals surface area contributed by atoms with Crippen molar-refractivity contribution in [3.05, 3.63) is 36.3 Å². The molecule has 0 spiro atoms. The maximum Gasteiger partial charge on any atom is 0.425 e. The fourth-order valence-corrected chi connectivity index (χ4v) is 2.57. The van der Waals surface area contributed by atoms with E-state index in [0.717, 1.165) is 10.5 Å². The van der Waals surface area contributed by atoms with Gasteiger partial charge in [0.15, 0.2) is 0 Å². The number of aromatic nitrogens is 2. The Kier molecular flexibility index (Phi) is 6.70. The van der Waals surface area contributed by atoms with Crippen LogP contribution >= 0.6 is 0 Å². The summed E-state index contributed by atoms with van der Waals surface area (Å²) in [7, 11) is 0. The Hall–Kier alpha value is -3.16. The summed E-state index contributed by atoms with van der Waals surface area (Å²) < 4.78 is 10.9. The van der Waals surface area contributed by atoms with Crippen molar-refractivity contribution in [3.8, 4) is 11.1 Å². The van der Waals surface area contributed by atoms with Gasteiger partial charge >= 0.3 is 12.2 Å². The van der Waals surface area contributed by atoms with Crippen LogP contribution in [0.4, 0.5) is 21.1 Å². The van der Waals surface area contributed by atoms with Crippen LogP contribution in [0, 0.1) is 0 Å². The number of nitrogens with two attached hydrogens (primary N) is 1. The summed E-state index contributed by atoms with van der Waals surface area (Å²) in [4.78, 5) is 35.2. The van der Waals surface area contributed by atoms with E-state index in [1.807, 2.05) is 13.0 Å². The first-order valence-electron chi connectivity index (χ1n) is 9.77. The first-order valence-corrected chi connectivity index (χ1v) is 9.77. The van der Waals surface area contributed by atoms with Gasteiger partial charge in [0.2, 0.25) is 0 Å². The van der Waals surface area contributed by atoms with Crippen molar-refractivity contribution in [1.29, 1.82) is 0 Å². The van der Waals surface area contributed by atoms with Gasteiger partial charge in [0.1, 0.15) is 17.0 Å². The highest BCUT2D eigenvalue weighted by molar-refractivity contribution is 6.09. The summed E-state index contributed by atoms with van der Waals surface area (Å²) >= 11 is 0. The quantitative estimate of drug-likeness (QED) is 0.756. The second-order valence-corrected chi connectivity index (χ2v) is 8.82. The minimum absolute atomic E-state index is 0.101. The fourth-order valence-electron chi connectivity index (χ4n) is 2.57. The largest absolute Gasteiger partial charge is 0.443 e. The van der Waals surface area contributed by atoms with E-state index in [1.54, 1.807) is 66.1 Å². The molecular weight excluding hydrogens is 384 g/mol. The highest BCUT2D eigenvalue weighted by Gasteiger charge is 2.34. The minimum atomic E-state index is -0.869. The van der Waals surface area contributed by atoms with Gasteiger partial charge in [0, 0.05) is 17.5 Å². The molecule has 0 fully saturated rings. The highest BCUT2D eigenvalue weighted by Crippen LogP contribution is 2.30. The zero-order valence-corrected chi connectivity index (χ0v) is 18.6. The number of hydrogen-bond acceptors (Lipinski definition) is 7. The molecule has 0 bridgehead atoms. The second kappa shape index (κ2) is 8.69. The van der Waals surface area contributed by atoms with Crippen molar-refractivity contribution in [2.24, 2.45) is 0 Å². The molecule has 2 aromatic rings. The number of nitrogens with zero attached hydrogens (tertiary/aromatic N) is 3. The van der Waals surface area contributed by atoms with Gasteiger partial charge in [-0.1, -0.05) is 6.92 Å². The third-order valence-corrected chi connectivity index (χ3v) is 3.77. The van der Waals surface area contributed by atoms with Crippen LogP contribution in [0.25, 0.3) is 11.1 Å². The number of ether oxygens (including phenoxy) is 2. The Bertz CT molecular complexity index is 901. The van der Waals surface area contributed by atoms with E-state index >= 15 is 0 Å². The van der Waals surface area contributed by atoms with E-state index in [-0.39, 0.29) is 5.82 Å². The minimum Gasteiger partial charge on any atom is -0.443 e. The Labute approximate surface area is 177 Å². The zero-order valence-electron chi connectivity index (χ0n) is 18.6. The Morgan fingerprint density at radius 3 is 2.07 bits per heavy atom. The number of imide groups is 1. The predicted molar refractivity (Wildman–Crippen MR) is 116 cm³/mol. The smallest absolute Gasteiger partial charge is 0.425 e. The average Bonchev–Trinajstić information content (AvgIpc) is 2.58.